The van der Waals surface area contributed by atoms with Gasteiger partial charge in [-0.05, 0) is 74.0 Å². The van der Waals surface area contributed by atoms with E-state index in [0.717, 1.165) is 22.7 Å². The van der Waals surface area contributed by atoms with Gasteiger partial charge < -0.3 is 9.47 Å². The highest BCUT2D eigenvalue weighted by Crippen LogP contribution is 2.29. The van der Waals surface area contributed by atoms with Gasteiger partial charge in [0.2, 0.25) is 5.88 Å². The first-order valence-electron chi connectivity index (χ1n) is 10.3. The molecule has 1 N–H and O–H groups in total. The van der Waals surface area contributed by atoms with Crippen molar-refractivity contribution in [2.75, 3.05) is 11.3 Å². The second-order valence-electron chi connectivity index (χ2n) is 7.67. The summed E-state index contributed by atoms with van der Waals surface area (Å²) in [7, 11) is -3.72. The summed E-state index contributed by atoms with van der Waals surface area (Å²) in [6, 6.07) is 16.9. The molecule has 33 heavy (non-hydrogen) atoms. The number of hydrogen-bond donors (Lipinski definition) is 1. The van der Waals surface area contributed by atoms with Gasteiger partial charge in [0.05, 0.1) is 17.2 Å². The van der Waals surface area contributed by atoms with Crippen molar-refractivity contribution >= 4 is 15.7 Å². The zero-order valence-corrected chi connectivity index (χ0v) is 18.8. The molecule has 0 unspecified atom stereocenters. The van der Waals surface area contributed by atoms with Crippen LogP contribution in [0.25, 0.3) is 5.82 Å². The van der Waals surface area contributed by atoms with Crippen molar-refractivity contribution in [1.29, 1.82) is 0 Å². The number of fused-ring (bicyclic) bond motifs is 1. The number of ether oxygens (including phenoxy) is 2. The van der Waals surface area contributed by atoms with Crippen LogP contribution in [0.15, 0.2) is 65.6 Å². The molecule has 10 heteroatoms. The van der Waals surface area contributed by atoms with Crippen molar-refractivity contribution in [1.82, 2.24) is 20.0 Å². The Balaban J connectivity index is 1.26. The molecule has 0 amide bonds. The van der Waals surface area contributed by atoms with Crippen LogP contribution in [0, 0.1) is 13.8 Å². The summed E-state index contributed by atoms with van der Waals surface area (Å²) in [5.74, 6) is 2.15. The summed E-state index contributed by atoms with van der Waals surface area (Å²) in [6.07, 6.45) is 0.704. The van der Waals surface area contributed by atoms with Crippen LogP contribution in [0.2, 0.25) is 0 Å². The molecule has 0 saturated heterocycles. The number of rotatable bonds is 6. The van der Waals surface area contributed by atoms with Crippen molar-refractivity contribution in [3.05, 3.63) is 77.6 Å². The molecule has 0 spiro atoms. The van der Waals surface area contributed by atoms with Crippen LogP contribution >= 0.6 is 0 Å². The highest BCUT2D eigenvalue weighted by atomic mass is 32.2. The van der Waals surface area contributed by atoms with E-state index in [1.54, 1.807) is 59.3 Å². The molecule has 2 aromatic carbocycles. The van der Waals surface area contributed by atoms with Gasteiger partial charge in [0, 0.05) is 23.9 Å². The third kappa shape index (κ3) is 4.37. The maximum absolute atomic E-state index is 12.7. The first-order chi connectivity index (χ1) is 15.9. The Morgan fingerprint density at radius 3 is 2.52 bits per heavy atom. The van der Waals surface area contributed by atoms with Gasteiger partial charge in [-0.1, -0.05) is 0 Å². The number of sulfonamides is 1. The lowest BCUT2D eigenvalue weighted by Crippen LogP contribution is -2.13. The van der Waals surface area contributed by atoms with E-state index in [1.165, 1.54) is 0 Å². The van der Waals surface area contributed by atoms with Crippen molar-refractivity contribution < 1.29 is 17.9 Å². The third-order valence-electron chi connectivity index (χ3n) is 5.15. The molecular weight excluding hydrogens is 442 g/mol. The monoisotopic (exact) mass is 463 g/mol. The molecule has 0 fully saturated rings. The van der Waals surface area contributed by atoms with Gasteiger partial charge in [0.15, 0.2) is 5.82 Å². The van der Waals surface area contributed by atoms with Gasteiger partial charge in [0.1, 0.15) is 11.5 Å². The predicted octanol–water partition coefficient (Wildman–Crippen LogP) is 3.81. The minimum atomic E-state index is -3.72. The SMILES string of the molecule is Cc1cc(C)n(-c2ccc(Oc3ccc(NS(=O)(=O)c4ccc5c(c4)CCO5)cc3)nn2)n1. The Bertz CT molecular complexity index is 1410. The molecule has 0 aliphatic carbocycles. The summed E-state index contributed by atoms with van der Waals surface area (Å²) < 4.78 is 41.0. The van der Waals surface area contributed by atoms with Crippen molar-refractivity contribution in [2.45, 2.75) is 25.2 Å². The van der Waals surface area contributed by atoms with E-state index < -0.39 is 10.0 Å². The maximum Gasteiger partial charge on any atom is 0.261 e. The Labute approximate surface area is 191 Å². The van der Waals surface area contributed by atoms with Crippen LogP contribution in [-0.4, -0.2) is 35.0 Å². The average Bonchev–Trinajstić information content (AvgIpc) is 3.40. The van der Waals surface area contributed by atoms with Crippen LogP contribution in [0.3, 0.4) is 0 Å². The standard InChI is InChI=1S/C23H21N5O4S/c1-15-13-16(2)28(26-15)22-9-10-23(25-24-22)32-19-5-3-18(4-6-19)27-33(29,30)20-7-8-21-17(14-20)11-12-31-21/h3-10,13-14,27H,11-12H2,1-2H3. The fourth-order valence-corrected chi connectivity index (χ4v) is 4.71. The van der Waals surface area contributed by atoms with Crippen molar-refractivity contribution in [3.63, 3.8) is 0 Å². The maximum atomic E-state index is 12.7. The van der Waals surface area contributed by atoms with E-state index in [9.17, 15) is 8.42 Å². The molecule has 0 atom stereocenters. The van der Waals surface area contributed by atoms with Gasteiger partial charge in [-0.2, -0.15) is 5.10 Å². The van der Waals surface area contributed by atoms with Gasteiger partial charge in [-0.15, -0.1) is 10.2 Å². The quantitative estimate of drug-likeness (QED) is 0.463. The number of benzene rings is 2. The number of hydrogen-bond acceptors (Lipinski definition) is 7. The molecule has 168 valence electrons. The van der Waals surface area contributed by atoms with Crippen molar-refractivity contribution in [2.24, 2.45) is 0 Å². The van der Waals surface area contributed by atoms with Crippen LogP contribution in [0.5, 0.6) is 17.4 Å². The zero-order valence-electron chi connectivity index (χ0n) is 18.0. The molecule has 9 nitrogen and oxygen atoms in total. The number of nitrogens with one attached hydrogen (secondary N) is 1. The van der Waals surface area contributed by atoms with E-state index in [-0.39, 0.29) is 4.90 Å². The van der Waals surface area contributed by atoms with Gasteiger partial charge >= 0.3 is 0 Å². The molecule has 0 radical (unpaired) electrons. The third-order valence-corrected chi connectivity index (χ3v) is 6.53. The predicted molar refractivity (Wildman–Crippen MR) is 122 cm³/mol. The van der Waals surface area contributed by atoms with Gasteiger partial charge in [-0.3, -0.25) is 4.72 Å². The highest BCUT2D eigenvalue weighted by Gasteiger charge is 2.19. The minimum Gasteiger partial charge on any atom is -0.493 e. The van der Waals surface area contributed by atoms with Gasteiger partial charge in [0.25, 0.3) is 10.0 Å². The molecule has 0 saturated carbocycles. The molecule has 2 aromatic heterocycles. The molecule has 4 aromatic rings. The molecular formula is C23H21N5O4S. The fraction of sp³-hybridized carbons (Fsp3) is 0.174. The summed E-state index contributed by atoms with van der Waals surface area (Å²) in [5.41, 5.74) is 3.17. The number of nitrogens with zero attached hydrogens (tertiary/aromatic N) is 4. The first-order valence-corrected chi connectivity index (χ1v) is 11.8. The van der Waals surface area contributed by atoms with Gasteiger partial charge in [-0.25, -0.2) is 13.1 Å². The number of anilines is 1. The Hall–Kier alpha value is -3.92. The zero-order chi connectivity index (χ0) is 23.0. The molecule has 1 aliphatic heterocycles. The first kappa shape index (κ1) is 21.0. The van der Waals surface area contributed by atoms with E-state index in [2.05, 4.69) is 20.0 Å². The lowest BCUT2D eigenvalue weighted by atomic mass is 10.2. The lowest BCUT2D eigenvalue weighted by molar-refractivity contribution is 0.356. The van der Waals surface area contributed by atoms with Crippen LogP contribution in [0.4, 0.5) is 5.69 Å². The lowest BCUT2D eigenvalue weighted by Gasteiger charge is -2.10. The molecule has 3 heterocycles. The summed E-state index contributed by atoms with van der Waals surface area (Å²) >= 11 is 0. The number of aromatic nitrogens is 4. The van der Waals surface area contributed by atoms with E-state index in [1.807, 2.05) is 19.9 Å². The van der Waals surface area contributed by atoms with E-state index in [0.29, 0.717) is 36.2 Å². The Morgan fingerprint density at radius 2 is 1.82 bits per heavy atom. The normalized spacial score (nSPS) is 12.8. The second kappa shape index (κ2) is 8.21. The second-order valence-corrected chi connectivity index (χ2v) is 9.35. The fourth-order valence-electron chi connectivity index (χ4n) is 3.60. The Kier molecular flexibility index (Phi) is 5.21. The van der Waals surface area contributed by atoms with Crippen LogP contribution in [0.1, 0.15) is 17.0 Å². The topological polar surface area (TPSA) is 108 Å². The molecule has 0 bridgehead atoms. The smallest absolute Gasteiger partial charge is 0.261 e. The molecule has 1 aliphatic rings. The largest absolute Gasteiger partial charge is 0.493 e. The highest BCUT2D eigenvalue weighted by molar-refractivity contribution is 7.92. The molecule has 5 rings (SSSR count). The van der Waals surface area contributed by atoms with E-state index in [4.69, 9.17) is 9.47 Å². The summed E-state index contributed by atoms with van der Waals surface area (Å²) in [5, 5.41) is 12.6. The van der Waals surface area contributed by atoms with Crippen LogP contribution < -0.4 is 14.2 Å². The Morgan fingerprint density at radius 1 is 1.00 bits per heavy atom. The van der Waals surface area contributed by atoms with Crippen LogP contribution in [-0.2, 0) is 16.4 Å². The van der Waals surface area contributed by atoms with E-state index >= 15 is 0 Å². The average molecular weight is 464 g/mol. The summed E-state index contributed by atoms with van der Waals surface area (Å²) in [6.45, 7) is 4.43. The number of aryl methyl sites for hydroxylation is 2. The van der Waals surface area contributed by atoms with Crippen molar-refractivity contribution in [3.8, 4) is 23.2 Å². The minimum absolute atomic E-state index is 0.199. The summed E-state index contributed by atoms with van der Waals surface area (Å²) in [4.78, 5) is 0.199.